The normalized spacial score (nSPS) is 11.8. The lowest BCUT2D eigenvalue weighted by Crippen LogP contribution is -2.28. The van der Waals surface area contributed by atoms with E-state index in [1.807, 2.05) is 6.92 Å². The zero-order valence-electron chi connectivity index (χ0n) is 12.6. The van der Waals surface area contributed by atoms with Crippen LogP contribution in [0.2, 0.25) is 0 Å². The van der Waals surface area contributed by atoms with Gasteiger partial charge in [0.15, 0.2) is 10.4 Å². The van der Waals surface area contributed by atoms with Crippen LogP contribution >= 0.6 is 15.9 Å². The van der Waals surface area contributed by atoms with Crippen molar-refractivity contribution >= 4 is 33.4 Å². The first-order valence-corrected chi connectivity index (χ1v) is 7.95. The molecular formula is C16H18BrN3O3. The molecule has 1 unspecified atom stereocenters. The second-order valence-corrected chi connectivity index (χ2v) is 5.94. The van der Waals surface area contributed by atoms with E-state index in [2.05, 4.69) is 26.6 Å². The quantitative estimate of drug-likeness (QED) is 0.718. The number of halogens is 1. The van der Waals surface area contributed by atoms with Crippen LogP contribution < -0.4 is 16.4 Å². The maximum Gasteiger partial charge on any atom is 0.291 e. The van der Waals surface area contributed by atoms with Crippen LogP contribution in [0.25, 0.3) is 0 Å². The van der Waals surface area contributed by atoms with Crippen LogP contribution in [0, 0.1) is 0 Å². The number of hydrogen-bond donors (Lipinski definition) is 3. The molecule has 0 saturated carbocycles. The van der Waals surface area contributed by atoms with Crippen molar-refractivity contribution in [2.45, 2.75) is 19.4 Å². The molecule has 0 aliphatic rings. The minimum atomic E-state index is -0.357. The summed E-state index contributed by atoms with van der Waals surface area (Å²) < 4.78 is 5.66. The molecule has 2 aromatic rings. The third kappa shape index (κ3) is 5.22. The van der Waals surface area contributed by atoms with Crippen LogP contribution in [0.5, 0.6) is 0 Å². The summed E-state index contributed by atoms with van der Waals surface area (Å²) in [7, 11) is 0. The largest absolute Gasteiger partial charge is 0.444 e. The minimum absolute atomic E-state index is 0.0505. The lowest BCUT2D eigenvalue weighted by Gasteiger charge is -2.08. The minimum Gasteiger partial charge on any atom is -0.444 e. The summed E-state index contributed by atoms with van der Waals surface area (Å²) >= 11 is 3.14. The van der Waals surface area contributed by atoms with Gasteiger partial charge in [0.2, 0.25) is 0 Å². The summed E-state index contributed by atoms with van der Waals surface area (Å²) in [6, 6.07) is 9.88. The second-order valence-electron chi connectivity index (χ2n) is 5.16. The van der Waals surface area contributed by atoms with Crippen molar-refractivity contribution in [3.05, 3.63) is 52.4 Å². The van der Waals surface area contributed by atoms with Gasteiger partial charge in [-0.15, -0.1) is 0 Å². The highest BCUT2D eigenvalue weighted by Crippen LogP contribution is 2.16. The Bertz CT molecular complexity index is 680. The van der Waals surface area contributed by atoms with Crippen molar-refractivity contribution < 1.29 is 14.0 Å². The Morgan fingerprint density at radius 1 is 1.17 bits per heavy atom. The van der Waals surface area contributed by atoms with E-state index in [4.69, 9.17) is 10.2 Å². The maximum absolute atomic E-state index is 11.9. The molecular weight excluding hydrogens is 362 g/mol. The molecule has 23 heavy (non-hydrogen) atoms. The Morgan fingerprint density at radius 2 is 1.87 bits per heavy atom. The summed E-state index contributed by atoms with van der Waals surface area (Å²) in [6.45, 7) is 2.42. The number of benzene rings is 1. The van der Waals surface area contributed by atoms with Crippen molar-refractivity contribution in [1.82, 2.24) is 5.32 Å². The monoisotopic (exact) mass is 379 g/mol. The number of carbonyl (C=O) groups is 2. The van der Waals surface area contributed by atoms with Crippen LogP contribution in [0.15, 0.2) is 45.5 Å². The number of carbonyl (C=O) groups excluding carboxylic acids is 2. The van der Waals surface area contributed by atoms with Gasteiger partial charge in [0, 0.05) is 23.8 Å². The Balaban J connectivity index is 1.91. The smallest absolute Gasteiger partial charge is 0.291 e. The Kier molecular flexibility index (Phi) is 5.95. The molecule has 122 valence electrons. The van der Waals surface area contributed by atoms with Gasteiger partial charge in [-0.3, -0.25) is 9.59 Å². The first-order chi connectivity index (χ1) is 11.0. The van der Waals surface area contributed by atoms with E-state index in [0.29, 0.717) is 22.5 Å². The Hall–Kier alpha value is -2.12. The van der Waals surface area contributed by atoms with Crippen LogP contribution in [0.4, 0.5) is 5.69 Å². The third-order valence-corrected chi connectivity index (χ3v) is 3.51. The molecule has 0 bridgehead atoms. The van der Waals surface area contributed by atoms with Gasteiger partial charge in [0.25, 0.3) is 11.8 Å². The maximum atomic E-state index is 11.9. The topological polar surface area (TPSA) is 97.4 Å². The number of nitrogens with two attached hydrogens (primary N) is 1. The molecule has 0 saturated heterocycles. The van der Waals surface area contributed by atoms with E-state index < -0.39 is 0 Å². The number of amides is 2. The lowest BCUT2D eigenvalue weighted by molar-refractivity contribution is 0.0952. The number of furan rings is 1. The van der Waals surface area contributed by atoms with E-state index in [-0.39, 0.29) is 23.6 Å². The van der Waals surface area contributed by atoms with Crippen molar-refractivity contribution in [1.29, 1.82) is 0 Å². The number of nitrogens with one attached hydrogen (secondary N) is 2. The zero-order valence-corrected chi connectivity index (χ0v) is 14.2. The summed E-state index contributed by atoms with van der Waals surface area (Å²) in [4.78, 5) is 23.9. The van der Waals surface area contributed by atoms with Crippen molar-refractivity contribution in [3.8, 4) is 0 Å². The third-order valence-electron chi connectivity index (χ3n) is 3.09. The van der Waals surface area contributed by atoms with Gasteiger partial charge >= 0.3 is 0 Å². The molecule has 1 aromatic heterocycles. The second kappa shape index (κ2) is 7.94. The molecule has 0 aliphatic carbocycles. The molecule has 2 rings (SSSR count). The standard InChI is InChI=1S/C16H18BrN3O3/c1-10(18)8-9-19-15(21)11-2-4-12(5-3-11)20-16(22)13-6-7-14(17)23-13/h2-7,10H,8-9,18H2,1H3,(H,19,21)(H,20,22). The van der Waals surface area contributed by atoms with Crippen molar-refractivity contribution in [2.75, 3.05) is 11.9 Å². The number of anilines is 1. The van der Waals surface area contributed by atoms with Gasteiger partial charge in [-0.25, -0.2) is 0 Å². The number of hydrogen-bond acceptors (Lipinski definition) is 4. The van der Waals surface area contributed by atoms with Crippen LogP contribution in [-0.4, -0.2) is 24.4 Å². The van der Waals surface area contributed by atoms with Gasteiger partial charge in [-0.1, -0.05) is 0 Å². The summed E-state index contributed by atoms with van der Waals surface area (Å²) in [6.07, 6.45) is 0.721. The predicted octanol–water partition coefficient (Wildman–Crippen LogP) is 2.76. The van der Waals surface area contributed by atoms with E-state index >= 15 is 0 Å². The van der Waals surface area contributed by atoms with Gasteiger partial charge in [0.1, 0.15) is 0 Å². The Labute approximate surface area is 142 Å². The molecule has 0 radical (unpaired) electrons. The summed E-state index contributed by atoms with van der Waals surface area (Å²) in [5, 5.41) is 5.49. The highest BCUT2D eigenvalue weighted by atomic mass is 79.9. The number of rotatable bonds is 6. The first-order valence-electron chi connectivity index (χ1n) is 7.16. The average Bonchev–Trinajstić information content (AvgIpc) is 2.94. The first kappa shape index (κ1) is 17.2. The van der Waals surface area contributed by atoms with Crippen LogP contribution in [0.1, 0.15) is 34.3 Å². The fraction of sp³-hybridized carbons (Fsp3) is 0.250. The van der Waals surface area contributed by atoms with E-state index in [9.17, 15) is 9.59 Å². The molecule has 0 fully saturated rings. The van der Waals surface area contributed by atoms with E-state index in [1.54, 1.807) is 36.4 Å². The molecule has 2 amide bonds. The Morgan fingerprint density at radius 3 is 2.43 bits per heavy atom. The lowest BCUT2D eigenvalue weighted by atomic mass is 10.2. The fourth-order valence-electron chi connectivity index (χ4n) is 1.85. The predicted molar refractivity (Wildman–Crippen MR) is 91.4 cm³/mol. The molecule has 6 nitrogen and oxygen atoms in total. The van der Waals surface area contributed by atoms with Crippen LogP contribution in [0.3, 0.4) is 0 Å². The van der Waals surface area contributed by atoms with Crippen LogP contribution in [-0.2, 0) is 0 Å². The summed E-state index contributed by atoms with van der Waals surface area (Å²) in [5.41, 5.74) is 6.73. The molecule has 0 aliphatic heterocycles. The van der Waals surface area contributed by atoms with Crippen molar-refractivity contribution in [2.24, 2.45) is 5.73 Å². The molecule has 1 atom stereocenters. The zero-order chi connectivity index (χ0) is 16.8. The van der Waals surface area contributed by atoms with Gasteiger partial charge in [-0.05, 0) is 65.7 Å². The SMILES string of the molecule is CC(N)CCNC(=O)c1ccc(NC(=O)c2ccc(Br)o2)cc1. The van der Waals surface area contributed by atoms with Gasteiger partial charge in [-0.2, -0.15) is 0 Å². The van der Waals surface area contributed by atoms with Gasteiger partial charge < -0.3 is 20.8 Å². The van der Waals surface area contributed by atoms with Gasteiger partial charge in [0.05, 0.1) is 0 Å². The molecule has 0 spiro atoms. The molecule has 7 heteroatoms. The molecule has 1 aromatic carbocycles. The van der Waals surface area contributed by atoms with E-state index in [1.165, 1.54) is 0 Å². The summed E-state index contributed by atoms with van der Waals surface area (Å²) in [5.74, 6) is -0.321. The highest BCUT2D eigenvalue weighted by Gasteiger charge is 2.11. The fourth-order valence-corrected chi connectivity index (χ4v) is 2.16. The average molecular weight is 380 g/mol. The van der Waals surface area contributed by atoms with E-state index in [0.717, 1.165) is 6.42 Å². The molecule has 4 N–H and O–H groups in total. The highest BCUT2D eigenvalue weighted by molar-refractivity contribution is 9.10. The van der Waals surface area contributed by atoms with Crippen molar-refractivity contribution in [3.63, 3.8) is 0 Å². The molecule has 1 heterocycles.